The molecule has 148 valence electrons. The molecule has 0 aliphatic heterocycles. The molecule has 7 heteroatoms. The third-order valence-electron chi connectivity index (χ3n) is 5.23. The Balaban J connectivity index is 1.78. The number of nitrogens with one attached hydrogen (secondary N) is 1. The molecule has 0 radical (unpaired) electrons. The maximum Gasteiger partial charge on any atom is 0.210 e. The molecule has 2 heterocycles. The molecule has 0 atom stereocenters. The highest BCUT2D eigenvalue weighted by atomic mass is 19.1. The first-order valence-corrected chi connectivity index (χ1v) is 9.94. The van der Waals surface area contributed by atoms with E-state index in [9.17, 15) is 9.50 Å². The lowest BCUT2D eigenvalue weighted by molar-refractivity contribution is 0.112. The summed E-state index contributed by atoms with van der Waals surface area (Å²) >= 11 is 0. The van der Waals surface area contributed by atoms with Crippen LogP contribution in [0, 0.1) is 11.7 Å². The van der Waals surface area contributed by atoms with Gasteiger partial charge in [-0.25, -0.2) is 19.3 Å². The van der Waals surface area contributed by atoms with Crippen molar-refractivity contribution in [1.29, 1.82) is 0 Å². The molecule has 1 aliphatic rings. The van der Waals surface area contributed by atoms with E-state index in [0.717, 1.165) is 43.6 Å². The largest absolute Gasteiger partial charge is 0.393 e. The molecule has 4 rings (SSSR count). The lowest BCUT2D eigenvalue weighted by Gasteiger charge is -2.28. The average Bonchev–Trinajstić information content (AvgIpc) is 3.01. The first-order chi connectivity index (χ1) is 13.5. The summed E-state index contributed by atoms with van der Waals surface area (Å²) in [6.45, 7) is 4.27. The molecule has 0 amide bonds. The Bertz CT molecular complexity index is 963. The van der Waals surface area contributed by atoms with E-state index in [1.54, 1.807) is 24.4 Å². The normalized spacial score (nSPS) is 20.0. The third kappa shape index (κ3) is 3.85. The number of benzene rings is 1. The van der Waals surface area contributed by atoms with Crippen LogP contribution in [-0.4, -0.2) is 30.7 Å². The van der Waals surface area contributed by atoms with Crippen LogP contribution in [0.4, 0.5) is 16.0 Å². The van der Waals surface area contributed by atoms with Gasteiger partial charge in [0.1, 0.15) is 17.2 Å². The van der Waals surface area contributed by atoms with Crippen LogP contribution in [0.25, 0.3) is 11.2 Å². The number of rotatable bonds is 5. The van der Waals surface area contributed by atoms with Gasteiger partial charge < -0.3 is 10.4 Å². The smallest absolute Gasteiger partial charge is 0.210 e. The number of imidazole rings is 1. The van der Waals surface area contributed by atoms with Gasteiger partial charge in [0.05, 0.1) is 18.0 Å². The molecule has 3 aromatic rings. The molecule has 0 spiro atoms. The number of anilines is 2. The summed E-state index contributed by atoms with van der Waals surface area (Å²) in [7, 11) is 0. The van der Waals surface area contributed by atoms with Crippen molar-refractivity contribution in [2.75, 3.05) is 5.32 Å². The minimum atomic E-state index is -0.327. The number of para-hydroxylation sites is 1. The van der Waals surface area contributed by atoms with E-state index in [-0.39, 0.29) is 18.0 Å². The Morgan fingerprint density at radius 3 is 2.64 bits per heavy atom. The van der Waals surface area contributed by atoms with Gasteiger partial charge in [-0.15, -0.1) is 0 Å². The van der Waals surface area contributed by atoms with E-state index >= 15 is 0 Å². The second-order valence-corrected chi connectivity index (χ2v) is 7.97. The fourth-order valence-corrected chi connectivity index (χ4v) is 3.82. The first-order valence-electron chi connectivity index (χ1n) is 9.94. The summed E-state index contributed by atoms with van der Waals surface area (Å²) in [6.07, 6.45) is 5.45. The van der Waals surface area contributed by atoms with Crippen molar-refractivity contribution in [3.63, 3.8) is 0 Å². The van der Waals surface area contributed by atoms with Gasteiger partial charge in [0.2, 0.25) is 5.95 Å². The number of nitrogens with zero attached hydrogens (tertiary/aromatic N) is 4. The SMILES string of the molecule is CC(C)Cc1ncc2nc(Nc3ccccc3F)n(C3CCC(O)CC3)c2n1. The van der Waals surface area contributed by atoms with Crippen molar-refractivity contribution in [3.8, 4) is 0 Å². The lowest BCUT2D eigenvalue weighted by Crippen LogP contribution is -2.22. The number of aliphatic hydroxyl groups is 1. The molecule has 2 aromatic heterocycles. The van der Waals surface area contributed by atoms with E-state index in [4.69, 9.17) is 4.98 Å². The van der Waals surface area contributed by atoms with Crippen LogP contribution in [0.5, 0.6) is 0 Å². The van der Waals surface area contributed by atoms with Crippen molar-refractivity contribution in [2.24, 2.45) is 5.92 Å². The zero-order valence-electron chi connectivity index (χ0n) is 16.3. The fraction of sp³-hybridized carbons (Fsp3) is 0.476. The Morgan fingerprint density at radius 1 is 1.18 bits per heavy atom. The van der Waals surface area contributed by atoms with Crippen LogP contribution in [0.15, 0.2) is 30.5 Å². The Kier molecular flexibility index (Phi) is 5.26. The number of aromatic nitrogens is 4. The Hall–Kier alpha value is -2.54. The molecule has 1 aromatic carbocycles. The van der Waals surface area contributed by atoms with Crippen LogP contribution in [0.3, 0.4) is 0 Å². The van der Waals surface area contributed by atoms with E-state index in [1.165, 1.54) is 6.07 Å². The van der Waals surface area contributed by atoms with Gasteiger partial charge in [-0.05, 0) is 43.7 Å². The molecule has 6 nitrogen and oxygen atoms in total. The molecular weight excluding hydrogens is 357 g/mol. The summed E-state index contributed by atoms with van der Waals surface area (Å²) in [5, 5.41) is 13.1. The van der Waals surface area contributed by atoms with Gasteiger partial charge >= 0.3 is 0 Å². The van der Waals surface area contributed by atoms with Crippen LogP contribution in [0.2, 0.25) is 0 Å². The fourth-order valence-electron chi connectivity index (χ4n) is 3.82. The Morgan fingerprint density at radius 2 is 1.93 bits per heavy atom. The number of hydrogen-bond acceptors (Lipinski definition) is 5. The molecule has 0 saturated heterocycles. The molecule has 0 unspecified atom stereocenters. The minimum Gasteiger partial charge on any atom is -0.393 e. The van der Waals surface area contributed by atoms with Gasteiger partial charge in [0.15, 0.2) is 5.65 Å². The van der Waals surface area contributed by atoms with Gasteiger partial charge in [0.25, 0.3) is 0 Å². The van der Waals surface area contributed by atoms with Gasteiger partial charge in [-0.3, -0.25) is 4.57 Å². The van der Waals surface area contributed by atoms with Crippen molar-refractivity contribution in [2.45, 2.75) is 58.1 Å². The molecule has 1 aliphatic carbocycles. The van der Waals surface area contributed by atoms with E-state index in [2.05, 4.69) is 33.7 Å². The second-order valence-electron chi connectivity index (χ2n) is 7.97. The van der Waals surface area contributed by atoms with Crippen LogP contribution >= 0.6 is 0 Å². The van der Waals surface area contributed by atoms with Gasteiger partial charge in [0, 0.05) is 12.5 Å². The van der Waals surface area contributed by atoms with Crippen LogP contribution in [-0.2, 0) is 6.42 Å². The summed E-state index contributed by atoms with van der Waals surface area (Å²) in [6, 6.07) is 6.72. The van der Waals surface area contributed by atoms with E-state index in [0.29, 0.717) is 23.1 Å². The maximum absolute atomic E-state index is 14.2. The van der Waals surface area contributed by atoms with Crippen molar-refractivity contribution >= 4 is 22.8 Å². The maximum atomic E-state index is 14.2. The van der Waals surface area contributed by atoms with Crippen molar-refractivity contribution in [1.82, 2.24) is 19.5 Å². The van der Waals surface area contributed by atoms with E-state index in [1.807, 2.05) is 0 Å². The molecule has 0 bridgehead atoms. The van der Waals surface area contributed by atoms with Crippen LogP contribution < -0.4 is 5.32 Å². The number of fused-ring (bicyclic) bond motifs is 1. The highest BCUT2D eigenvalue weighted by Gasteiger charge is 2.26. The predicted octanol–water partition coefficient (Wildman–Crippen LogP) is 4.38. The van der Waals surface area contributed by atoms with Crippen LogP contribution in [0.1, 0.15) is 51.4 Å². The quantitative estimate of drug-likeness (QED) is 0.684. The summed E-state index contributed by atoms with van der Waals surface area (Å²) in [5.74, 6) is 1.48. The number of hydrogen-bond donors (Lipinski definition) is 2. The zero-order valence-corrected chi connectivity index (χ0v) is 16.3. The molecular formula is C21H26FN5O. The first kappa shape index (κ1) is 18.8. The topological polar surface area (TPSA) is 75.9 Å². The summed E-state index contributed by atoms with van der Waals surface area (Å²) in [5.41, 5.74) is 1.84. The van der Waals surface area contributed by atoms with Gasteiger partial charge in [-0.1, -0.05) is 26.0 Å². The van der Waals surface area contributed by atoms with Crippen molar-refractivity contribution < 1.29 is 9.50 Å². The molecule has 1 saturated carbocycles. The molecule has 28 heavy (non-hydrogen) atoms. The Labute approximate surface area is 163 Å². The lowest BCUT2D eigenvalue weighted by atomic mass is 9.93. The average molecular weight is 383 g/mol. The standard InChI is InChI=1S/C21H26FN5O/c1-13(2)11-19-23-12-18-20(26-19)27(14-7-9-15(28)10-8-14)21(25-18)24-17-6-4-3-5-16(17)22/h3-6,12-15,28H,7-11H2,1-2H3,(H,24,25). The number of aliphatic hydroxyl groups excluding tert-OH is 1. The summed E-state index contributed by atoms with van der Waals surface area (Å²) in [4.78, 5) is 13.9. The predicted molar refractivity (Wildman–Crippen MR) is 107 cm³/mol. The molecule has 2 N–H and O–H groups in total. The summed E-state index contributed by atoms with van der Waals surface area (Å²) < 4.78 is 16.3. The highest BCUT2D eigenvalue weighted by molar-refractivity contribution is 5.75. The molecule has 1 fully saturated rings. The van der Waals surface area contributed by atoms with Crippen molar-refractivity contribution in [3.05, 3.63) is 42.1 Å². The highest BCUT2D eigenvalue weighted by Crippen LogP contribution is 2.35. The second kappa shape index (κ2) is 7.83. The monoisotopic (exact) mass is 383 g/mol. The zero-order chi connectivity index (χ0) is 19.7. The number of halogens is 1. The van der Waals surface area contributed by atoms with Gasteiger partial charge in [-0.2, -0.15) is 0 Å². The van der Waals surface area contributed by atoms with E-state index < -0.39 is 0 Å². The minimum absolute atomic E-state index is 0.157. The third-order valence-corrected chi connectivity index (χ3v) is 5.23.